The third-order valence-corrected chi connectivity index (χ3v) is 1.60. The summed E-state index contributed by atoms with van der Waals surface area (Å²) in [5.41, 5.74) is 0. The van der Waals surface area contributed by atoms with Crippen LogP contribution in [0.4, 0.5) is 13.6 Å². The van der Waals surface area contributed by atoms with Crippen molar-refractivity contribution in [2.24, 2.45) is 0 Å². The standard InChI is InChI=1S/C10H8F2N2O2/c11-7-2-3-9(8(12)6-7)16-10(15)14-5-1-4-13/h2-3,6H,1,5H2,(H,14,15). The Morgan fingerprint density at radius 2 is 2.25 bits per heavy atom. The fraction of sp³-hybridized carbons (Fsp3) is 0.200. The number of benzene rings is 1. The van der Waals surface area contributed by atoms with Gasteiger partial charge in [0, 0.05) is 12.6 Å². The maximum atomic E-state index is 13.0. The Balaban J connectivity index is 2.53. The Labute approximate surface area is 90.4 Å². The molecule has 1 N–H and O–H groups in total. The first kappa shape index (κ1) is 11.9. The van der Waals surface area contributed by atoms with Crippen LogP contribution >= 0.6 is 0 Å². The number of carbonyl (C=O) groups excluding carboxylic acids is 1. The number of hydrogen-bond donors (Lipinski definition) is 1. The van der Waals surface area contributed by atoms with Gasteiger partial charge in [-0.15, -0.1) is 0 Å². The molecule has 0 radical (unpaired) electrons. The van der Waals surface area contributed by atoms with Gasteiger partial charge in [-0.05, 0) is 12.1 Å². The van der Waals surface area contributed by atoms with Crippen molar-refractivity contribution in [3.63, 3.8) is 0 Å². The average molecular weight is 226 g/mol. The summed E-state index contributed by atoms with van der Waals surface area (Å²) in [5.74, 6) is -2.08. The Hall–Kier alpha value is -2.16. The molecular formula is C10H8F2N2O2. The highest BCUT2D eigenvalue weighted by Crippen LogP contribution is 2.17. The molecule has 0 aliphatic heterocycles. The van der Waals surface area contributed by atoms with E-state index in [-0.39, 0.29) is 18.7 Å². The lowest BCUT2D eigenvalue weighted by atomic mass is 10.3. The molecule has 1 aromatic rings. The summed E-state index contributed by atoms with van der Waals surface area (Å²) in [6.07, 6.45) is -0.762. The molecule has 0 spiro atoms. The molecule has 84 valence electrons. The Bertz CT molecular complexity index is 429. The summed E-state index contributed by atoms with van der Waals surface area (Å²) < 4.78 is 30.0. The second-order valence-electron chi connectivity index (χ2n) is 2.80. The molecule has 4 nitrogen and oxygen atoms in total. The molecule has 0 saturated heterocycles. The molecule has 0 aromatic heterocycles. The van der Waals surface area contributed by atoms with Crippen molar-refractivity contribution in [1.82, 2.24) is 5.32 Å². The highest BCUT2D eigenvalue weighted by molar-refractivity contribution is 5.70. The molecule has 6 heteroatoms. The van der Waals surface area contributed by atoms with Crippen molar-refractivity contribution in [3.05, 3.63) is 29.8 Å². The van der Waals surface area contributed by atoms with Crippen LogP contribution in [0.15, 0.2) is 18.2 Å². The van der Waals surface area contributed by atoms with Crippen molar-refractivity contribution in [2.75, 3.05) is 6.54 Å². The van der Waals surface area contributed by atoms with Gasteiger partial charge < -0.3 is 10.1 Å². The summed E-state index contributed by atoms with van der Waals surface area (Å²) in [7, 11) is 0. The molecule has 1 aromatic carbocycles. The van der Waals surface area contributed by atoms with E-state index in [1.165, 1.54) is 0 Å². The van der Waals surface area contributed by atoms with Crippen molar-refractivity contribution in [3.8, 4) is 11.8 Å². The molecule has 0 saturated carbocycles. The van der Waals surface area contributed by atoms with Crippen LogP contribution < -0.4 is 10.1 Å². The maximum Gasteiger partial charge on any atom is 0.412 e. The van der Waals surface area contributed by atoms with E-state index in [9.17, 15) is 13.6 Å². The number of carbonyl (C=O) groups is 1. The van der Waals surface area contributed by atoms with Gasteiger partial charge in [-0.3, -0.25) is 0 Å². The third kappa shape index (κ3) is 3.53. The smallest absolute Gasteiger partial charge is 0.407 e. The van der Waals surface area contributed by atoms with Crippen molar-refractivity contribution >= 4 is 6.09 Å². The minimum absolute atomic E-state index is 0.109. The lowest BCUT2D eigenvalue weighted by Crippen LogP contribution is -2.27. The van der Waals surface area contributed by atoms with Gasteiger partial charge in [0.1, 0.15) is 5.82 Å². The van der Waals surface area contributed by atoms with Crippen molar-refractivity contribution in [2.45, 2.75) is 6.42 Å². The van der Waals surface area contributed by atoms with Crippen LogP contribution in [0.1, 0.15) is 6.42 Å². The zero-order valence-electron chi connectivity index (χ0n) is 8.17. The fourth-order valence-electron chi connectivity index (χ4n) is 0.914. The summed E-state index contributed by atoms with van der Waals surface area (Å²) in [4.78, 5) is 11.0. The summed E-state index contributed by atoms with van der Waals surface area (Å²) >= 11 is 0. The van der Waals surface area contributed by atoms with Crippen LogP contribution in [-0.4, -0.2) is 12.6 Å². The average Bonchev–Trinajstić information content (AvgIpc) is 2.23. The summed E-state index contributed by atoms with van der Waals surface area (Å²) in [6, 6.07) is 4.40. The molecule has 0 atom stereocenters. The topological polar surface area (TPSA) is 62.1 Å². The quantitative estimate of drug-likeness (QED) is 0.801. The highest BCUT2D eigenvalue weighted by Gasteiger charge is 2.09. The second kappa shape index (κ2) is 5.66. The first-order valence-electron chi connectivity index (χ1n) is 4.41. The SMILES string of the molecule is N#CCCNC(=O)Oc1ccc(F)cc1F. The number of hydrogen-bond acceptors (Lipinski definition) is 3. The van der Waals surface area contributed by atoms with E-state index in [1.807, 2.05) is 6.07 Å². The first-order chi connectivity index (χ1) is 7.63. The van der Waals surface area contributed by atoms with E-state index in [1.54, 1.807) is 0 Å². The highest BCUT2D eigenvalue weighted by atomic mass is 19.1. The Kier molecular flexibility index (Phi) is 4.21. The number of nitrogens with one attached hydrogen (secondary N) is 1. The summed E-state index contributed by atoms with van der Waals surface area (Å²) in [5, 5.41) is 10.4. The maximum absolute atomic E-state index is 13.0. The van der Waals surface area contributed by atoms with Crippen molar-refractivity contribution in [1.29, 1.82) is 5.26 Å². The monoisotopic (exact) mass is 226 g/mol. The number of rotatable bonds is 3. The second-order valence-corrected chi connectivity index (χ2v) is 2.80. The molecule has 1 amide bonds. The lowest BCUT2D eigenvalue weighted by Gasteiger charge is -2.05. The van der Waals surface area contributed by atoms with Crippen LogP contribution in [0, 0.1) is 23.0 Å². The molecule has 0 heterocycles. The number of ether oxygens (including phenoxy) is 1. The predicted molar refractivity (Wildman–Crippen MR) is 50.6 cm³/mol. The Morgan fingerprint density at radius 1 is 1.50 bits per heavy atom. The predicted octanol–water partition coefficient (Wildman–Crippen LogP) is 1.97. The first-order valence-corrected chi connectivity index (χ1v) is 4.41. The normalized spacial score (nSPS) is 9.31. The van der Waals surface area contributed by atoms with E-state index < -0.39 is 17.7 Å². The molecule has 1 rings (SSSR count). The number of amides is 1. The van der Waals surface area contributed by atoms with E-state index >= 15 is 0 Å². The molecule has 0 fully saturated rings. The van der Waals surface area contributed by atoms with Gasteiger partial charge in [-0.25, -0.2) is 13.6 Å². The molecule has 0 unspecified atom stereocenters. The van der Waals surface area contributed by atoms with E-state index in [2.05, 4.69) is 10.1 Å². The van der Waals surface area contributed by atoms with Crippen LogP contribution in [0.3, 0.4) is 0 Å². The van der Waals surface area contributed by atoms with Gasteiger partial charge in [-0.2, -0.15) is 5.26 Å². The van der Waals surface area contributed by atoms with Crippen LogP contribution in [0.2, 0.25) is 0 Å². The van der Waals surface area contributed by atoms with Gasteiger partial charge in [0.05, 0.1) is 12.5 Å². The molecule has 0 bridgehead atoms. The minimum atomic E-state index is -0.963. The molecule has 0 aliphatic carbocycles. The van der Waals surface area contributed by atoms with E-state index in [4.69, 9.17) is 5.26 Å². The zero-order valence-corrected chi connectivity index (χ0v) is 8.17. The van der Waals surface area contributed by atoms with Gasteiger partial charge in [0.25, 0.3) is 0 Å². The molecule has 0 aliphatic rings. The van der Waals surface area contributed by atoms with Crippen LogP contribution in [0.5, 0.6) is 5.75 Å². The lowest BCUT2D eigenvalue weighted by molar-refractivity contribution is 0.198. The zero-order chi connectivity index (χ0) is 12.0. The van der Waals surface area contributed by atoms with Crippen LogP contribution in [0.25, 0.3) is 0 Å². The largest absolute Gasteiger partial charge is 0.412 e. The number of halogens is 2. The molecule has 16 heavy (non-hydrogen) atoms. The van der Waals surface area contributed by atoms with Gasteiger partial charge in [0.2, 0.25) is 0 Å². The fourth-order valence-corrected chi connectivity index (χ4v) is 0.914. The van der Waals surface area contributed by atoms with E-state index in [0.29, 0.717) is 6.07 Å². The van der Waals surface area contributed by atoms with Gasteiger partial charge in [0.15, 0.2) is 11.6 Å². The van der Waals surface area contributed by atoms with Crippen molar-refractivity contribution < 1.29 is 18.3 Å². The van der Waals surface area contributed by atoms with E-state index in [0.717, 1.165) is 12.1 Å². The Morgan fingerprint density at radius 3 is 2.88 bits per heavy atom. The molecular weight excluding hydrogens is 218 g/mol. The van der Waals surface area contributed by atoms with Crippen LogP contribution in [-0.2, 0) is 0 Å². The minimum Gasteiger partial charge on any atom is -0.407 e. The van der Waals surface area contributed by atoms with Gasteiger partial charge in [-0.1, -0.05) is 0 Å². The number of nitriles is 1. The summed E-state index contributed by atoms with van der Waals surface area (Å²) in [6.45, 7) is 0.109. The third-order valence-electron chi connectivity index (χ3n) is 1.60. The van der Waals surface area contributed by atoms with Gasteiger partial charge >= 0.3 is 6.09 Å². The number of nitrogens with zero attached hydrogens (tertiary/aromatic N) is 1.